The lowest BCUT2D eigenvalue weighted by Crippen LogP contribution is -2.29. The molecule has 4 nitrogen and oxygen atoms in total. The van der Waals surface area contributed by atoms with Gasteiger partial charge < -0.3 is 14.6 Å². The molecule has 4 heteroatoms. The fraction of sp³-hybridized carbons (Fsp3) is 0.278. The van der Waals surface area contributed by atoms with Crippen LogP contribution in [0.4, 0.5) is 0 Å². The van der Waals surface area contributed by atoms with E-state index in [1.54, 1.807) is 6.07 Å². The second-order valence-electron chi connectivity index (χ2n) is 4.99. The van der Waals surface area contributed by atoms with Crippen molar-refractivity contribution in [2.75, 3.05) is 6.61 Å². The van der Waals surface area contributed by atoms with Crippen molar-refractivity contribution >= 4 is 5.97 Å². The highest BCUT2D eigenvalue weighted by Crippen LogP contribution is 2.20. The Morgan fingerprint density at radius 1 is 1.14 bits per heavy atom. The molecule has 1 unspecified atom stereocenters. The van der Waals surface area contributed by atoms with Gasteiger partial charge in [-0.3, -0.25) is 0 Å². The normalized spacial score (nSPS) is 11.7. The summed E-state index contributed by atoms with van der Waals surface area (Å²) < 4.78 is 11.0. The zero-order chi connectivity index (χ0) is 15.9. The van der Waals surface area contributed by atoms with Crippen molar-refractivity contribution in [2.24, 2.45) is 0 Å². The van der Waals surface area contributed by atoms with Crippen LogP contribution in [0.25, 0.3) is 0 Å². The number of carboxylic acid groups (broad SMARTS) is 1. The first-order valence-corrected chi connectivity index (χ1v) is 7.27. The number of benzene rings is 2. The first-order valence-electron chi connectivity index (χ1n) is 7.27. The van der Waals surface area contributed by atoms with E-state index in [9.17, 15) is 9.90 Å². The third-order valence-corrected chi connectivity index (χ3v) is 3.29. The van der Waals surface area contributed by atoms with Gasteiger partial charge in [-0.15, -0.1) is 0 Å². The molecule has 0 saturated carbocycles. The lowest BCUT2D eigenvalue weighted by atomic mass is 10.1. The van der Waals surface area contributed by atoms with Crippen molar-refractivity contribution in [2.45, 2.75) is 26.4 Å². The molecule has 1 atom stereocenters. The van der Waals surface area contributed by atoms with E-state index < -0.39 is 12.1 Å². The predicted octanol–water partition coefficient (Wildman–Crippen LogP) is 3.47. The van der Waals surface area contributed by atoms with Gasteiger partial charge in [0.05, 0.1) is 6.61 Å². The van der Waals surface area contributed by atoms with Gasteiger partial charge in [-0.1, -0.05) is 30.3 Å². The summed E-state index contributed by atoms with van der Waals surface area (Å²) in [7, 11) is 0. The third kappa shape index (κ3) is 4.25. The summed E-state index contributed by atoms with van der Waals surface area (Å²) in [4.78, 5) is 11.4. The van der Waals surface area contributed by atoms with Gasteiger partial charge in [0.15, 0.2) is 6.10 Å². The number of aliphatic carboxylic acids is 1. The highest BCUT2D eigenvalue weighted by molar-refractivity contribution is 5.73. The molecule has 0 aliphatic heterocycles. The zero-order valence-corrected chi connectivity index (χ0v) is 12.8. The Morgan fingerprint density at radius 2 is 1.82 bits per heavy atom. The third-order valence-electron chi connectivity index (χ3n) is 3.29. The van der Waals surface area contributed by atoms with Crippen molar-refractivity contribution in [1.29, 1.82) is 0 Å². The van der Waals surface area contributed by atoms with Gasteiger partial charge in [-0.25, -0.2) is 4.79 Å². The van der Waals surface area contributed by atoms with E-state index in [0.29, 0.717) is 18.8 Å². The molecule has 0 aliphatic carbocycles. The van der Waals surface area contributed by atoms with Crippen LogP contribution in [0.1, 0.15) is 18.1 Å². The van der Waals surface area contributed by atoms with Gasteiger partial charge in [0.25, 0.3) is 0 Å². The van der Waals surface area contributed by atoms with Crippen molar-refractivity contribution in [1.82, 2.24) is 0 Å². The molecule has 0 fully saturated rings. The van der Waals surface area contributed by atoms with Crippen LogP contribution in [0.15, 0.2) is 48.5 Å². The molecule has 0 aliphatic rings. The number of para-hydroxylation sites is 1. The van der Waals surface area contributed by atoms with E-state index in [2.05, 4.69) is 0 Å². The molecular formula is C18H20O4. The summed E-state index contributed by atoms with van der Waals surface area (Å²) in [5.41, 5.74) is 1.81. The predicted molar refractivity (Wildman–Crippen MR) is 84.5 cm³/mol. The van der Waals surface area contributed by atoms with Crippen LogP contribution >= 0.6 is 0 Å². The van der Waals surface area contributed by atoms with Gasteiger partial charge >= 0.3 is 5.97 Å². The number of rotatable bonds is 7. The summed E-state index contributed by atoms with van der Waals surface area (Å²) >= 11 is 0. The summed E-state index contributed by atoms with van der Waals surface area (Å²) in [6, 6.07) is 14.8. The van der Waals surface area contributed by atoms with Crippen LogP contribution in [-0.2, 0) is 11.2 Å². The van der Waals surface area contributed by atoms with Crippen molar-refractivity contribution in [3.63, 3.8) is 0 Å². The highest BCUT2D eigenvalue weighted by Gasteiger charge is 2.20. The summed E-state index contributed by atoms with van der Waals surface area (Å²) in [6.07, 6.45) is -0.616. The molecule has 0 amide bonds. The van der Waals surface area contributed by atoms with Crippen LogP contribution in [0.2, 0.25) is 0 Å². The first kappa shape index (κ1) is 15.9. The van der Waals surface area contributed by atoms with E-state index in [1.165, 1.54) is 0 Å². The molecule has 116 valence electrons. The van der Waals surface area contributed by atoms with E-state index in [1.807, 2.05) is 56.3 Å². The van der Waals surface area contributed by atoms with Gasteiger partial charge in [-0.05, 0) is 43.2 Å². The first-order chi connectivity index (χ1) is 10.6. The van der Waals surface area contributed by atoms with E-state index in [-0.39, 0.29) is 0 Å². The number of aryl methyl sites for hydroxylation is 1. The molecule has 0 heterocycles. The maximum absolute atomic E-state index is 11.4. The molecule has 0 radical (unpaired) electrons. The molecular weight excluding hydrogens is 280 g/mol. The fourth-order valence-corrected chi connectivity index (χ4v) is 2.12. The number of carboxylic acids is 1. The summed E-state index contributed by atoms with van der Waals surface area (Å²) in [5, 5.41) is 9.38. The number of carbonyl (C=O) groups is 1. The van der Waals surface area contributed by atoms with E-state index in [4.69, 9.17) is 9.47 Å². The van der Waals surface area contributed by atoms with Crippen molar-refractivity contribution in [3.05, 3.63) is 59.7 Å². The monoisotopic (exact) mass is 300 g/mol. The molecule has 2 aromatic rings. The molecule has 0 spiro atoms. The zero-order valence-electron chi connectivity index (χ0n) is 12.8. The fourth-order valence-electron chi connectivity index (χ4n) is 2.12. The molecule has 0 aromatic heterocycles. The Hall–Kier alpha value is -2.49. The molecule has 2 aromatic carbocycles. The molecule has 0 saturated heterocycles. The minimum absolute atomic E-state index is 0.302. The Kier molecular flexibility index (Phi) is 5.42. The lowest BCUT2D eigenvalue weighted by Gasteiger charge is -2.17. The van der Waals surface area contributed by atoms with Gasteiger partial charge in [0.2, 0.25) is 0 Å². The van der Waals surface area contributed by atoms with E-state index in [0.717, 1.165) is 16.9 Å². The highest BCUT2D eigenvalue weighted by atomic mass is 16.5. The van der Waals surface area contributed by atoms with Gasteiger partial charge in [0, 0.05) is 6.42 Å². The molecule has 2 rings (SSSR count). The Bertz CT molecular complexity index is 619. The Labute approximate surface area is 130 Å². The average molecular weight is 300 g/mol. The van der Waals surface area contributed by atoms with Gasteiger partial charge in [0.1, 0.15) is 11.5 Å². The van der Waals surface area contributed by atoms with Crippen molar-refractivity contribution < 1.29 is 19.4 Å². The van der Waals surface area contributed by atoms with Crippen LogP contribution in [-0.4, -0.2) is 23.8 Å². The Morgan fingerprint density at radius 3 is 2.41 bits per heavy atom. The number of ether oxygens (including phenoxy) is 2. The second kappa shape index (κ2) is 7.50. The maximum Gasteiger partial charge on any atom is 0.345 e. The molecule has 1 N–H and O–H groups in total. The lowest BCUT2D eigenvalue weighted by molar-refractivity contribution is -0.145. The second-order valence-corrected chi connectivity index (χ2v) is 4.99. The SMILES string of the molecule is CCOc1ccc(CC(Oc2ccccc2C)C(=O)O)cc1. The average Bonchev–Trinajstić information content (AvgIpc) is 2.50. The molecule has 0 bridgehead atoms. The standard InChI is InChI=1S/C18H20O4/c1-3-21-15-10-8-14(9-11-15)12-17(18(19)20)22-16-7-5-4-6-13(16)2/h4-11,17H,3,12H2,1-2H3,(H,19,20). The number of hydrogen-bond acceptors (Lipinski definition) is 3. The minimum Gasteiger partial charge on any atom is -0.494 e. The van der Waals surface area contributed by atoms with Crippen LogP contribution < -0.4 is 9.47 Å². The van der Waals surface area contributed by atoms with Gasteiger partial charge in [-0.2, -0.15) is 0 Å². The summed E-state index contributed by atoms with van der Waals surface area (Å²) in [6.45, 7) is 4.42. The van der Waals surface area contributed by atoms with Crippen LogP contribution in [0.3, 0.4) is 0 Å². The largest absolute Gasteiger partial charge is 0.494 e. The maximum atomic E-state index is 11.4. The number of hydrogen-bond donors (Lipinski definition) is 1. The quantitative estimate of drug-likeness (QED) is 0.850. The summed E-state index contributed by atoms with van der Waals surface area (Å²) in [5.74, 6) is 0.399. The van der Waals surface area contributed by atoms with Crippen molar-refractivity contribution in [3.8, 4) is 11.5 Å². The van der Waals surface area contributed by atoms with Crippen LogP contribution in [0, 0.1) is 6.92 Å². The minimum atomic E-state index is -0.975. The smallest absolute Gasteiger partial charge is 0.345 e. The van der Waals surface area contributed by atoms with Crippen LogP contribution in [0.5, 0.6) is 11.5 Å². The Balaban J connectivity index is 2.09. The molecule has 22 heavy (non-hydrogen) atoms. The topological polar surface area (TPSA) is 55.8 Å². The van der Waals surface area contributed by atoms with E-state index >= 15 is 0 Å².